The predicted octanol–water partition coefficient (Wildman–Crippen LogP) is 3.03. The Hall–Kier alpha value is -2.30. The summed E-state index contributed by atoms with van der Waals surface area (Å²) in [5.41, 5.74) is 2.16. The van der Waals surface area contributed by atoms with Gasteiger partial charge in [0, 0.05) is 38.1 Å². The lowest BCUT2D eigenvalue weighted by molar-refractivity contribution is 1.04. The van der Waals surface area contributed by atoms with Crippen LogP contribution in [0.2, 0.25) is 0 Å². The van der Waals surface area contributed by atoms with E-state index >= 15 is 0 Å². The third kappa shape index (κ3) is 3.60. The van der Waals surface area contributed by atoms with Crippen LogP contribution in [0.25, 0.3) is 0 Å². The lowest BCUT2D eigenvalue weighted by Crippen LogP contribution is -2.08. The number of hydrogen-bond donors (Lipinski definition) is 2. The molecule has 0 aliphatic rings. The largest absolute Gasteiger partial charge is 0.378 e. The molecular formula is C15H21N5. The van der Waals surface area contributed by atoms with Gasteiger partial charge in [-0.25, -0.2) is 9.97 Å². The van der Waals surface area contributed by atoms with Gasteiger partial charge in [-0.1, -0.05) is 6.07 Å². The molecule has 0 aliphatic heterocycles. The van der Waals surface area contributed by atoms with Gasteiger partial charge >= 0.3 is 0 Å². The van der Waals surface area contributed by atoms with Crippen LogP contribution in [0.1, 0.15) is 12.7 Å². The normalized spacial score (nSPS) is 10.2. The second kappa shape index (κ2) is 6.23. The fraction of sp³-hybridized carbons (Fsp3) is 0.333. The first kappa shape index (κ1) is 14.1. The van der Waals surface area contributed by atoms with Gasteiger partial charge in [0.05, 0.1) is 0 Å². The van der Waals surface area contributed by atoms with Crippen molar-refractivity contribution in [3.63, 3.8) is 0 Å². The molecule has 1 aromatic carbocycles. The maximum atomic E-state index is 4.41. The molecule has 20 heavy (non-hydrogen) atoms. The van der Waals surface area contributed by atoms with Crippen molar-refractivity contribution in [2.75, 3.05) is 36.2 Å². The number of nitrogens with zero attached hydrogens (tertiary/aromatic N) is 3. The average Bonchev–Trinajstić information content (AvgIpc) is 2.38. The van der Waals surface area contributed by atoms with Crippen LogP contribution in [0.15, 0.2) is 30.3 Å². The number of benzene rings is 1. The second-order valence-corrected chi connectivity index (χ2v) is 4.79. The Morgan fingerprint density at radius 3 is 2.55 bits per heavy atom. The van der Waals surface area contributed by atoms with Crippen molar-refractivity contribution in [3.05, 3.63) is 36.2 Å². The Morgan fingerprint density at radius 2 is 1.85 bits per heavy atom. The average molecular weight is 271 g/mol. The Morgan fingerprint density at radius 1 is 1.10 bits per heavy atom. The second-order valence-electron chi connectivity index (χ2n) is 4.79. The molecule has 0 saturated carbocycles. The van der Waals surface area contributed by atoms with E-state index in [1.54, 1.807) is 0 Å². The SMILES string of the molecule is CCNc1cc(Nc2cccc(N(C)C)c2)nc(C)n1. The standard InChI is InChI=1S/C15H21N5/c1-5-16-14-10-15(18-11(2)17-14)19-12-7-6-8-13(9-12)20(3)4/h6-10H,5H2,1-4H3,(H2,16,17,18,19). The van der Waals surface area contributed by atoms with Gasteiger partial charge < -0.3 is 15.5 Å². The Kier molecular flexibility index (Phi) is 4.40. The minimum absolute atomic E-state index is 0.745. The molecule has 0 radical (unpaired) electrons. The molecule has 0 bridgehead atoms. The van der Waals surface area contributed by atoms with Gasteiger partial charge in [0.15, 0.2) is 0 Å². The number of anilines is 4. The summed E-state index contributed by atoms with van der Waals surface area (Å²) in [4.78, 5) is 10.8. The first-order chi connectivity index (χ1) is 9.58. The quantitative estimate of drug-likeness (QED) is 0.875. The highest BCUT2D eigenvalue weighted by Crippen LogP contribution is 2.21. The first-order valence-corrected chi connectivity index (χ1v) is 6.72. The lowest BCUT2D eigenvalue weighted by atomic mass is 10.2. The molecule has 0 unspecified atom stereocenters. The molecule has 0 atom stereocenters. The summed E-state index contributed by atoms with van der Waals surface area (Å²) in [7, 11) is 4.05. The van der Waals surface area contributed by atoms with Gasteiger partial charge in [0.2, 0.25) is 0 Å². The fourth-order valence-electron chi connectivity index (χ4n) is 1.91. The van der Waals surface area contributed by atoms with Crippen molar-refractivity contribution in [2.24, 2.45) is 0 Å². The molecule has 106 valence electrons. The predicted molar refractivity (Wildman–Crippen MR) is 85.0 cm³/mol. The lowest BCUT2D eigenvalue weighted by Gasteiger charge is -2.14. The van der Waals surface area contributed by atoms with Crippen molar-refractivity contribution in [3.8, 4) is 0 Å². The summed E-state index contributed by atoms with van der Waals surface area (Å²) in [6, 6.07) is 10.1. The highest BCUT2D eigenvalue weighted by atomic mass is 15.1. The third-order valence-corrected chi connectivity index (χ3v) is 2.83. The maximum Gasteiger partial charge on any atom is 0.136 e. The van der Waals surface area contributed by atoms with Gasteiger partial charge in [-0.2, -0.15) is 0 Å². The summed E-state index contributed by atoms with van der Waals surface area (Å²) >= 11 is 0. The zero-order valence-electron chi connectivity index (χ0n) is 12.4. The van der Waals surface area contributed by atoms with E-state index in [0.717, 1.165) is 35.4 Å². The van der Waals surface area contributed by atoms with Gasteiger partial charge in [0.1, 0.15) is 17.5 Å². The summed E-state index contributed by atoms with van der Waals surface area (Å²) in [5, 5.41) is 6.53. The van der Waals surface area contributed by atoms with E-state index in [1.807, 2.05) is 46.1 Å². The molecule has 0 amide bonds. The summed E-state index contributed by atoms with van der Waals surface area (Å²) in [6.07, 6.45) is 0. The van der Waals surface area contributed by atoms with Crippen molar-refractivity contribution in [1.29, 1.82) is 0 Å². The molecule has 2 rings (SSSR count). The van der Waals surface area contributed by atoms with E-state index in [1.165, 1.54) is 0 Å². The van der Waals surface area contributed by atoms with Crippen LogP contribution in [0, 0.1) is 6.92 Å². The van der Waals surface area contributed by atoms with Gasteiger partial charge in [-0.15, -0.1) is 0 Å². The molecule has 2 N–H and O–H groups in total. The van der Waals surface area contributed by atoms with Crippen molar-refractivity contribution in [2.45, 2.75) is 13.8 Å². The molecule has 0 spiro atoms. The third-order valence-electron chi connectivity index (χ3n) is 2.83. The van der Waals surface area contributed by atoms with Crippen LogP contribution in [-0.2, 0) is 0 Å². The molecule has 5 heteroatoms. The van der Waals surface area contributed by atoms with Crippen molar-refractivity contribution in [1.82, 2.24) is 9.97 Å². The first-order valence-electron chi connectivity index (χ1n) is 6.72. The highest BCUT2D eigenvalue weighted by Gasteiger charge is 2.03. The van der Waals surface area contributed by atoms with Crippen LogP contribution < -0.4 is 15.5 Å². The fourth-order valence-corrected chi connectivity index (χ4v) is 1.91. The number of aromatic nitrogens is 2. The molecule has 2 aromatic rings. The maximum absolute atomic E-state index is 4.41. The summed E-state index contributed by atoms with van der Waals surface area (Å²) < 4.78 is 0. The number of rotatable bonds is 5. The van der Waals surface area contributed by atoms with Gasteiger partial charge in [-0.05, 0) is 32.0 Å². The smallest absolute Gasteiger partial charge is 0.136 e. The number of hydrogen-bond acceptors (Lipinski definition) is 5. The highest BCUT2D eigenvalue weighted by molar-refractivity contribution is 5.64. The molecule has 5 nitrogen and oxygen atoms in total. The zero-order chi connectivity index (χ0) is 14.5. The summed E-state index contributed by atoms with van der Waals surface area (Å²) in [5.74, 6) is 2.38. The molecule has 0 aliphatic carbocycles. The van der Waals surface area contributed by atoms with Crippen molar-refractivity contribution >= 4 is 23.0 Å². The van der Waals surface area contributed by atoms with Crippen molar-refractivity contribution < 1.29 is 0 Å². The Bertz CT molecular complexity index is 580. The van der Waals surface area contributed by atoms with Crippen LogP contribution in [0.3, 0.4) is 0 Å². The molecule has 1 aromatic heterocycles. The van der Waals surface area contributed by atoms with E-state index in [2.05, 4.69) is 37.6 Å². The monoisotopic (exact) mass is 271 g/mol. The van der Waals surface area contributed by atoms with Crippen LogP contribution in [0.5, 0.6) is 0 Å². The van der Waals surface area contributed by atoms with Gasteiger partial charge in [0.25, 0.3) is 0 Å². The minimum atomic E-state index is 0.745. The zero-order valence-corrected chi connectivity index (χ0v) is 12.4. The number of aryl methyl sites for hydroxylation is 1. The Labute approximate surface area is 120 Å². The van der Waals surface area contributed by atoms with E-state index in [0.29, 0.717) is 0 Å². The van der Waals surface area contributed by atoms with Crippen LogP contribution in [0.4, 0.5) is 23.0 Å². The van der Waals surface area contributed by atoms with Gasteiger partial charge in [-0.3, -0.25) is 0 Å². The molecular weight excluding hydrogens is 250 g/mol. The molecule has 0 saturated heterocycles. The summed E-state index contributed by atoms with van der Waals surface area (Å²) in [6.45, 7) is 4.78. The Balaban J connectivity index is 2.23. The van der Waals surface area contributed by atoms with Crippen LogP contribution in [-0.4, -0.2) is 30.6 Å². The van der Waals surface area contributed by atoms with E-state index in [-0.39, 0.29) is 0 Å². The number of nitrogens with one attached hydrogen (secondary N) is 2. The molecule has 1 heterocycles. The minimum Gasteiger partial charge on any atom is -0.378 e. The van der Waals surface area contributed by atoms with E-state index in [4.69, 9.17) is 0 Å². The van der Waals surface area contributed by atoms with E-state index in [9.17, 15) is 0 Å². The topological polar surface area (TPSA) is 53.1 Å². The van der Waals surface area contributed by atoms with Crippen LogP contribution >= 0.6 is 0 Å². The molecule has 0 fully saturated rings. The van der Waals surface area contributed by atoms with E-state index < -0.39 is 0 Å².